The summed E-state index contributed by atoms with van der Waals surface area (Å²) in [5, 5.41) is 12.3. The van der Waals surface area contributed by atoms with Crippen molar-refractivity contribution in [2.24, 2.45) is 5.10 Å². The van der Waals surface area contributed by atoms with E-state index in [1.807, 2.05) is 18.3 Å². The van der Waals surface area contributed by atoms with Crippen molar-refractivity contribution < 1.29 is 0 Å². The molecule has 1 aliphatic rings. The molecule has 0 N–H and O–H groups in total. The Hall–Kier alpha value is -2.04. The zero-order valence-electron chi connectivity index (χ0n) is 7.33. The minimum Gasteiger partial charge on any atom is -0.265 e. The van der Waals surface area contributed by atoms with E-state index in [2.05, 4.69) is 20.3 Å². The normalized spacial score (nSPS) is 13.1. The zero-order chi connectivity index (χ0) is 9.38. The van der Waals surface area contributed by atoms with E-state index in [9.17, 15) is 0 Å². The van der Waals surface area contributed by atoms with Gasteiger partial charge in [0.1, 0.15) is 0 Å². The smallest absolute Gasteiger partial charge is 0.185 e. The molecule has 3 heterocycles. The van der Waals surface area contributed by atoms with Gasteiger partial charge in [0, 0.05) is 30.6 Å². The van der Waals surface area contributed by atoms with Gasteiger partial charge >= 0.3 is 0 Å². The molecular formula is C9H7N5. The molecule has 5 nitrogen and oxygen atoms in total. The molecule has 0 amide bonds. The zero-order valence-corrected chi connectivity index (χ0v) is 7.33. The topological polar surface area (TPSA) is 56.0 Å². The second kappa shape index (κ2) is 2.73. The van der Waals surface area contributed by atoms with Crippen molar-refractivity contribution in [3.05, 3.63) is 30.4 Å². The molecule has 0 bridgehead atoms. The maximum absolute atomic E-state index is 4.18. The Morgan fingerprint density at radius 3 is 2.86 bits per heavy atom. The largest absolute Gasteiger partial charge is 0.265 e. The molecule has 0 unspecified atom stereocenters. The number of hydrogen-bond donors (Lipinski definition) is 0. The average molecular weight is 185 g/mol. The Kier molecular flexibility index (Phi) is 1.44. The summed E-state index contributed by atoms with van der Waals surface area (Å²) in [6, 6.07) is 3.79. The molecule has 68 valence electrons. The van der Waals surface area contributed by atoms with Crippen LogP contribution in [-0.4, -0.2) is 26.1 Å². The van der Waals surface area contributed by atoms with Crippen molar-refractivity contribution in [1.82, 2.24) is 19.9 Å². The van der Waals surface area contributed by atoms with E-state index in [1.54, 1.807) is 17.1 Å². The molecule has 0 spiro atoms. The lowest BCUT2D eigenvalue weighted by atomic mass is 10.2. The van der Waals surface area contributed by atoms with E-state index in [0.717, 1.165) is 23.6 Å². The van der Waals surface area contributed by atoms with Gasteiger partial charge in [-0.2, -0.15) is 9.78 Å². The van der Waals surface area contributed by atoms with Crippen LogP contribution in [0.3, 0.4) is 0 Å². The fourth-order valence-corrected chi connectivity index (χ4v) is 1.45. The number of nitrogens with zero attached hydrogens (tertiary/aromatic N) is 5. The van der Waals surface area contributed by atoms with E-state index in [4.69, 9.17) is 0 Å². The molecule has 0 fully saturated rings. The number of aromatic nitrogens is 4. The predicted molar refractivity (Wildman–Crippen MR) is 50.8 cm³/mol. The van der Waals surface area contributed by atoms with E-state index < -0.39 is 0 Å². The van der Waals surface area contributed by atoms with Crippen molar-refractivity contribution in [3.8, 4) is 11.4 Å². The highest BCUT2D eigenvalue weighted by Gasteiger charge is 2.15. The van der Waals surface area contributed by atoms with Gasteiger partial charge in [-0.3, -0.25) is 4.98 Å². The van der Waals surface area contributed by atoms with Gasteiger partial charge < -0.3 is 0 Å². The number of rotatable bonds is 1. The molecule has 3 rings (SSSR count). The van der Waals surface area contributed by atoms with Crippen LogP contribution in [0.15, 0.2) is 29.6 Å². The number of pyridine rings is 1. The third-order valence-corrected chi connectivity index (χ3v) is 2.11. The summed E-state index contributed by atoms with van der Waals surface area (Å²) in [6.07, 6.45) is 6.05. The van der Waals surface area contributed by atoms with Gasteiger partial charge in [0.15, 0.2) is 11.6 Å². The molecule has 0 saturated heterocycles. The molecule has 0 aromatic carbocycles. The lowest BCUT2D eigenvalue weighted by Gasteiger charge is -1.97. The Bertz CT molecular complexity index is 485. The van der Waals surface area contributed by atoms with Crippen LogP contribution >= 0.6 is 0 Å². The summed E-state index contributed by atoms with van der Waals surface area (Å²) in [4.78, 5) is 3.95. The van der Waals surface area contributed by atoms with Gasteiger partial charge in [0.05, 0.1) is 0 Å². The summed E-state index contributed by atoms with van der Waals surface area (Å²) in [6.45, 7) is 0. The van der Waals surface area contributed by atoms with Crippen LogP contribution in [0.2, 0.25) is 0 Å². The van der Waals surface area contributed by atoms with E-state index in [1.165, 1.54) is 0 Å². The molecule has 5 heteroatoms. The van der Waals surface area contributed by atoms with Crippen LogP contribution in [0.5, 0.6) is 0 Å². The monoisotopic (exact) mass is 185 g/mol. The molecule has 2 aromatic rings. The second-order valence-electron chi connectivity index (χ2n) is 2.99. The first-order valence-corrected chi connectivity index (χ1v) is 4.32. The predicted octanol–water partition coefficient (Wildman–Crippen LogP) is 0.730. The maximum atomic E-state index is 4.18. The van der Waals surface area contributed by atoms with Gasteiger partial charge in [-0.1, -0.05) is 0 Å². The highest BCUT2D eigenvalue weighted by Crippen LogP contribution is 2.18. The molecule has 1 aliphatic heterocycles. The van der Waals surface area contributed by atoms with Gasteiger partial charge in [-0.05, 0) is 12.1 Å². The van der Waals surface area contributed by atoms with E-state index >= 15 is 0 Å². The summed E-state index contributed by atoms with van der Waals surface area (Å²) in [7, 11) is 0. The first-order chi connectivity index (χ1) is 6.95. The Morgan fingerprint density at radius 2 is 2.00 bits per heavy atom. The van der Waals surface area contributed by atoms with Gasteiger partial charge in [-0.15, -0.1) is 10.2 Å². The van der Waals surface area contributed by atoms with Crippen LogP contribution in [-0.2, 0) is 6.42 Å². The molecule has 0 atom stereocenters. The fraction of sp³-hybridized carbons (Fsp3) is 0.111. The van der Waals surface area contributed by atoms with Crippen molar-refractivity contribution in [3.63, 3.8) is 0 Å². The average Bonchev–Trinajstić information content (AvgIpc) is 2.79. The fourth-order valence-electron chi connectivity index (χ4n) is 1.45. The second-order valence-corrected chi connectivity index (χ2v) is 2.99. The Balaban J connectivity index is 2.18. The van der Waals surface area contributed by atoms with E-state index in [0.29, 0.717) is 0 Å². The van der Waals surface area contributed by atoms with Crippen molar-refractivity contribution >= 4 is 6.21 Å². The highest BCUT2D eigenvalue weighted by molar-refractivity contribution is 5.65. The van der Waals surface area contributed by atoms with Gasteiger partial charge in [0.2, 0.25) is 0 Å². The highest BCUT2D eigenvalue weighted by atomic mass is 15.5. The lowest BCUT2D eigenvalue weighted by Crippen LogP contribution is -1.92. The minimum absolute atomic E-state index is 0.762. The first-order valence-electron chi connectivity index (χ1n) is 4.32. The molecule has 0 saturated carbocycles. The molecule has 14 heavy (non-hydrogen) atoms. The summed E-state index contributed by atoms with van der Waals surface area (Å²) in [5.41, 5.74) is 0.984. The van der Waals surface area contributed by atoms with Crippen molar-refractivity contribution in [2.75, 3.05) is 0 Å². The molecular weight excluding hydrogens is 178 g/mol. The number of fused-ring (bicyclic) bond motifs is 1. The summed E-state index contributed by atoms with van der Waals surface area (Å²) >= 11 is 0. The number of hydrogen-bond acceptors (Lipinski definition) is 4. The Labute approximate surface area is 80.1 Å². The maximum Gasteiger partial charge on any atom is 0.185 e. The Morgan fingerprint density at radius 1 is 1.14 bits per heavy atom. The van der Waals surface area contributed by atoms with E-state index in [-0.39, 0.29) is 0 Å². The quantitative estimate of drug-likeness (QED) is 0.658. The lowest BCUT2D eigenvalue weighted by molar-refractivity contribution is 0.867. The minimum atomic E-state index is 0.762. The SMILES string of the molecule is C1=Nn2c(nnc2-c2ccncc2)C1. The van der Waals surface area contributed by atoms with Crippen LogP contribution in [0, 0.1) is 0 Å². The van der Waals surface area contributed by atoms with Crippen molar-refractivity contribution in [1.29, 1.82) is 0 Å². The third kappa shape index (κ3) is 0.953. The standard InChI is InChI=1S/C9H7N5/c1-4-10-5-2-7(1)9-13-12-8-3-6-11-14(8)9/h1-2,4-6H,3H2. The van der Waals surface area contributed by atoms with Gasteiger partial charge in [0.25, 0.3) is 0 Å². The van der Waals surface area contributed by atoms with Crippen LogP contribution in [0.1, 0.15) is 5.82 Å². The van der Waals surface area contributed by atoms with Crippen LogP contribution in [0.25, 0.3) is 11.4 Å². The molecule has 2 aromatic heterocycles. The summed E-state index contributed by atoms with van der Waals surface area (Å²) < 4.78 is 1.76. The first kappa shape index (κ1) is 7.37. The summed E-state index contributed by atoms with van der Waals surface area (Å²) in [5.74, 6) is 1.66. The van der Waals surface area contributed by atoms with Crippen LogP contribution in [0.4, 0.5) is 0 Å². The van der Waals surface area contributed by atoms with Gasteiger partial charge in [-0.25, -0.2) is 0 Å². The third-order valence-electron chi connectivity index (χ3n) is 2.11. The molecule has 0 aliphatic carbocycles. The van der Waals surface area contributed by atoms with Crippen molar-refractivity contribution in [2.45, 2.75) is 6.42 Å². The molecule has 0 radical (unpaired) electrons. The van der Waals surface area contributed by atoms with Crippen LogP contribution < -0.4 is 0 Å².